The van der Waals surface area contributed by atoms with Crippen LogP contribution in [0.3, 0.4) is 0 Å². The first-order valence-electron chi connectivity index (χ1n) is 0.827. The van der Waals surface area contributed by atoms with Crippen LogP contribution in [0.2, 0.25) is 0 Å². The molecule has 0 aliphatic carbocycles. The molecular formula is CH5N3. The van der Waals surface area contributed by atoms with Gasteiger partial charge < -0.3 is 11.5 Å². The fourth-order valence-electron chi connectivity index (χ4n) is 0. The Kier molecular flexibility index (Phi) is 0.581. The minimum absolute atomic E-state index is 0.333. The monoisotopic (exact) mass is 60.1 g/mol. The first kappa shape index (κ1) is 3.27. The number of hydrogen-bond acceptors (Lipinski definition) is 1. The molecule has 0 rings (SSSR count). The summed E-state index contributed by atoms with van der Waals surface area (Å²) in [5, 5.41) is 6.06. The predicted molar refractivity (Wildman–Crippen MR) is 16.1 cm³/mol. The zero-order chi connectivity index (χ0) is 3.58. The van der Waals surface area contributed by atoms with E-state index in [0.717, 1.165) is 0 Å². The van der Waals surface area contributed by atoms with Gasteiger partial charge in [0.2, 0.25) is 0 Å². The van der Waals surface area contributed by atoms with Crippen molar-refractivity contribution >= 4 is 5.96 Å². The highest BCUT2D eigenvalue weighted by atomic mass is 15.2. The van der Waals surface area contributed by atoms with Crippen molar-refractivity contribution in [2.75, 3.05) is 0 Å². The third kappa shape index (κ3) is 0.174. The normalized spacial score (nSPS) is 6.00. The van der Waals surface area contributed by atoms with E-state index in [1.54, 1.807) is 0 Å². The molecule has 0 aromatic carbocycles. The molecule has 0 aliphatic rings. The summed E-state index contributed by atoms with van der Waals surface area (Å²) in [6, 6.07) is 0. The Morgan fingerprint density at radius 3 is 1.50 bits per heavy atom. The molecule has 0 aromatic heterocycles. The van der Waals surface area contributed by atoms with E-state index in [0.29, 0.717) is 0 Å². The summed E-state index contributed by atoms with van der Waals surface area (Å²) in [6.07, 6.45) is 0. The molecule has 0 unspecified atom stereocenters. The van der Waals surface area contributed by atoms with Crippen LogP contribution in [0.1, 0.15) is 0 Å². The van der Waals surface area contributed by atoms with Crippen molar-refractivity contribution in [3.63, 3.8) is 0 Å². The van der Waals surface area contributed by atoms with Gasteiger partial charge in [0.05, 0.1) is 0 Å². The number of rotatable bonds is 0. The topological polar surface area (TPSA) is 75.9 Å². The predicted octanol–water partition coefficient (Wildman–Crippen LogP) is -1.16. The Hall–Kier alpha value is -0.730. The van der Waals surface area contributed by atoms with Crippen LogP contribution in [0.25, 0.3) is 0 Å². The molecule has 3 heteroatoms. The summed E-state index contributed by atoms with van der Waals surface area (Å²) in [4.78, 5) is 0. The van der Waals surface area contributed by atoms with Crippen LogP contribution in [0.4, 0.5) is 0 Å². The van der Waals surface area contributed by atoms with E-state index in [2.05, 4.69) is 11.5 Å². The second kappa shape index (κ2) is 0.711. The van der Waals surface area contributed by atoms with Gasteiger partial charge in [-0.15, -0.1) is 0 Å². The van der Waals surface area contributed by atoms with Gasteiger partial charge in [0.1, 0.15) is 0 Å². The second-order valence-electron chi connectivity index (χ2n) is 0.455. The molecule has 0 saturated carbocycles. The van der Waals surface area contributed by atoms with E-state index < -0.39 is 0 Å². The molecule has 0 aliphatic heterocycles. The van der Waals surface area contributed by atoms with Crippen molar-refractivity contribution < 1.29 is 0 Å². The maximum Gasteiger partial charge on any atom is 0.183 e. The number of nitrogens with two attached hydrogens (primary N) is 2. The van der Waals surface area contributed by atoms with E-state index in [1.807, 2.05) is 0 Å². The lowest BCUT2D eigenvalue weighted by Gasteiger charge is -1.69. The van der Waals surface area contributed by atoms with Crippen LogP contribution in [0.5, 0.6) is 0 Å². The standard InChI is InChI=1S/CH5N3/c2-1(3)4/h(H5,2,3,4)/i1+1. The Bertz CT molecular complexity index is 26.3. The fraction of sp³-hybridized carbons (Fsp3) is 0. The van der Waals surface area contributed by atoms with Gasteiger partial charge in [-0.05, 0) is 0 Å². The number of hydrogen-bond donors (Lipinski definition) is 3. The van der Waals surface area contributed by atoms with Crippen LogP contribution in [-0.4, -0.2) is 5.96 Å². The second-order valence-corrected chi connectivity index (χ2v) is 0.455. The first-order chi connectivity index (χ1) is 1.73. The van der Waals surface area contributed by atoms with Gasteiger partial charge in [-0.1, -0.05) is 0 Å². The summed E-state index contributed by atoms with van der Waals surface area (Å²) in [6.45, 7) is 0. The molecule has 3 nitrogen and oxygen atoms in total. The Balaban J connectivity index is 2.80. The number of guanidine groups is 1. The molecule has 0 saturated heterocycles. The molecule has 4 heavy (non-hydrogen) atoms. The van der Waals surface area contributed by atoms with Crippen molar-refractivity contribution in [1.82, 2.24) is 0 Å². The van der Waals surface area contributed by atoms with E-state index in [4.69, 9.17) is 5.41 Å². The van der Waals surface area contributed by atoms with Crippen molar-refractivity contribution in [1.29, 1.82) is 5.41 Å². The van der Waals surface area contributed by atoms with E-state index in [-0.39, 0.29) is 5.96 Å². The summed E-state index contributed by atoms with van der Waals surface area (Å²) >= 11 is 0. The highest BCUT2D eigenvalue weighted by Crippen LogP contribution is 1.13. The zero-order valence-electron chi connectivity index (χ0n) is 2.15. The summed E-state index contributed by atoms with van der Waals surface area (Å²) < 4.78 is 0. The lowest BCUT2D eigenvalue weighted by molar-refractivity contribution is 1.39. The minimum atomic E-state index is -0.333. The molecule has 0 amide bonds. The lowest BCUT2D eigenvalue weighted by atomic mass is 11.8. The molecule has 0 heterocycles. The average Bonchev–Trinajstić information content (AvgIpc) is 0.811. The highest BCUT2D eigenvalue weighted by molar-refractivity contribution is 5.71. The Morgan fingerprint density at radius 1 is 1.50 bits per heavy atom. The summed E-state index contributed by atoms with van der Waals surface area (Å²) in [7, 11) is 0. The van der Waals surface area contributed by atoms with Crippen molar-refractivity contribution in [3.05, 3.63) is 0 Å². The van der Waals surface area contributed by atoms with Crippen LogP contribution < -0.4 is 11.5 Å². The molecule has 0 fully saturated rings. The van der Waals surface area contributed by atoms with Crippen molar-refractivity contribution in [3.8, 4) is 0 Å². The molecule has 24 valence electrons. The largest absolute Gasteiger partial charge is 0.370 e. The van der Waals surface area contributed by atoms with Gasteiger partial charge in [0, 0.05) is 0 Å². The quantitative estimate of drug-likeness (QED) is 0.187. The number of nitrogens with one attached hydrogen (secondary N) is 1. The van der Waals surface area contributed by atoms with E-state index >= 15 is 0 Å². The van der Waals surface area contributed by atoms with Gasteiger partial charge in [-0.25, -0.2) is 0 Å². The van der Waals surface area contributed by atoms with E-state index in [1.165, 1.54) is 0 Å². The van der Waals surface area contributed by atoms with Crippen LogP contribution in [0.15, 0.2) is 0 Å². The fourth-order valence-corrected chi connectivity index (χ4v) is 0. The highest BCUT2D eigenvalue weighted by Gasteiger charge is 1.52. The van der Waals surface area contributed by atoms with Crippen molar-refractivity contribution in [2.45, 2.75) is 0 Å². The van der Waals surface area contributed by atoms with Gasteiger partial charge in [0.25, 0.3) is 0 Å². The molecule has 0 spiro atoms. The lowest BCUT2D eigenvalue weighted by Crippen LogP contribution is -2.20. The van der Waals surface area contributed by atoms with Crippen molar-refractivity contribution in [2.24, 2.45) is 11.5 Å². The summed E-state index contributed by atoms with van der Waals surface area (Å²) in [5.74, 6) is -0.333. The Morgan fingerprint density at radius 2 is 1.50 bits per heavy atom. The van der Waals surface area contributed by atoms with Crippen LogP contribution in [0, 0.1) is 5.41 Å². The molecule has 0 aromatic rings. The third-order valence-electron chi connectivity index (χ3n) is 0. The van der Waals surface area contributed by atoms with Crippen LogP contribution >= 0.6 is 0 Å². The molecule has 0 atom stereocenters. The maximum atomic E-state index is 6.06. The molecule has 0 bridgehead atoms. The third-order valence-corrected chi connectivity index (χ3v) is 0. The molecule has 5 N–H and O–H groups in total. The van der Waals surface area contributed by atoms with E-state index in [9.17, 15) is 0 Å². The Labute approximate surface area is 24.1 Å². The van der Waals surface area contributed by atoms with Gasteiger partial charge in [-0.3, -0.25) is 5.41 Å². The maximum absolute atomic E-state index is 6.06. The van der Waals surface area contributed by atoms with Crippen LogP contribution in [-0.2, 0) is 0 Å². The zero-order valence-corrected chi connectivity index (χ0v) is 2.15. The van der Waals surface area contributed by atoms with Gasteiger partial charge in [0.15, 0.2) is 5.96 Å². The molecule has 0 radical (unpaired) electrons. The molecular weight excluding hydrogens is 55.0 g/mol. The average molecular weight is 60.1 g/mol. The van der Waals surface area contributed by atoms with Gasteiger partial charge >= 0.3 is 0 Å². The summed E-state index contributed by atoms with van der Waals surface area (Å²) in [5.41, 5.74) is 8.94. The smallest absolute Gasteiger partial charge is 0.183 e. The minimum Gasteiger partial charge on any atom is -0.370 e. The SMILES string of the molecule is N=[13C](N)N. The first-order valence-corrected chi connectivity index (χ1v) is 0.827. The van der Waals surface area contributed by atoms with Gasteiger partial charge in [-0.2, -0.15) is 0 Å².